The molecule has 1 aromatic carbocycles. The van der Waals surface area contributed by atoms with Gasteiger partial charge in [0, 0.05) is 12.6 Å². The minimum atomic E-state index is -3.46. The molecule has 3 rings (SSSR count). The first-order valence-corrected chi connectivity index (χ1v) is 9.25. The van der Waals surface area contributed by atoms with Gasteiger partial charge < -0.3 is 4.90 Å². The number of rotatable bonds is 3. The lowest BCUT2D eigenvalue weighted by molar-refractivity contribution is 0.586. The first kappa shape index (κ1) is 14.4. The van der Waals surface area contributed by atoms with Crippen molar-refractivity contribution in [3.8, 4) is 0 Å². The number of hydrogen-bond donors (Lipinski definition) is 0. The van der Waals surface area contributed by atoms with Crippen LogP contribution in [0.25, 0.3) is 0 Å². The molecule has 0 fully saturated rings. The molecule has 112 valence electrons. The Morgan fingerprint density at radius 2 is 1.76 bits per heavy atom. The van der Waals surface area contributed by atoms with Crippen molar-refractivity contribution in [2.24, 2.45) is 0 Å². The van der Waals surface area contributed by atoms with E-state index in [9.17, 15) is 8.42 Å². The Hall–Kier alpha value is -1.53. The van der Waals surface area contributed by atoms with Gasteiger partial charge in [-0.25, -0.2) is 8.42 Å². The second-order valence-corrected chi connectivity index (χ2v) is 8.32. The summed E-state index contributed by atoms with van der Waals surface area (Å²) < 4.78 is 27.5. The molecule has 0 atom stereocenters. The van der Waals surface area contributed by atoms with Gasteiger partial charge in [-0.1, -0.05) is 18.2 Å². The van der Waals surface area contributed by atoms with Gasteiger partial charge in [0.25, 0.3) is 10.0 Å². The van der Waals surface area contributed by atoms with Crippen LogP contribution in [0.5, 0.6) is 0 Å². The quantitative estimate of drug-likeness (QED) is 0.871. The molecule has 1 aromatic heterocycles. The molecule has 2 heterocycles. The molecule has 6 heteroatoms. The Bertz CT molecular complexity index is 724. The molecular weight excluding hydrogens is 304 g/mol. The fourth-order valence-corrected chi connectivity index (χ4v) is 5.24. The van der Waals surface area contributed by atoms with Gasteiger partial charge in [-0.3, -0.25) is 4.31 Å². The van der Waals surface area contributed by atoms with Gasteiger partial charge in [-0.15, -0.1) is 11.3 Å². The number of nitrogens with zero attached hydrogens (tertiary/aromatic N) is 2. The normalized spacial score (nSPS) is 15.4. The first-order valence-electron chi connectivity index (χ1n) is 6.94. The van der Waals surface area contributed by atoms with Crippen molar-refractivity contribution in [2.45, 2.75) is 24.1 Å². The van der Waals surface area contributed by atoms with E-state index >= 15 is 0 Å². The highest BCUT2D eigenvalue weighted by molar-refractivity contribution is 7.94. The van der Waals surface area contributed by atoms with Gasteiger partial charge in [0.05, 0.1) is 17.9 Å². The van der Waals surface area contributed by atoms with Crippen LogP contribution in [0.15, 0.2) is 46.0 Å². The third-order valence-electron chi connectivity index (χ3n) is 3.67. The highest BCUT2D eigenvalue weighted by Gasteiger charge is 2.32. The SMILES string of the molecule is CC(C)N1CCN(S(=O)(=O)c2cccs2)c2ccccc21. The highest BCUT2D eigenvalue weighted by atomic mass is 32.2. The predicted octanol–water partition coefficient (Wildman–Crippen LogP) is 3.17. The Kier molecular flexibility index (Phi) is 3.67. The zero-order chi connectivity index (χ0) is 15.0. The van der Waals surface area contributed by atoms with Crippen LogP contribution in [0, 0.1) is 0 Å². The predicted molar refractivity (Wildman–Crippen MR) is 87.8 cm³/mol. The summed E-state index contributed by atoms with van der Waals surface area (Å²) in [6, 6.07) is 11.5. The molecule has 0 amide bonds. The Morgan fingerprint density at radius 1 is 1.05 bits per heavy atom. The van der Waals surface area contributed by atoms with Crippen LogP contribution in [-0.4, -0.2) is 27.5 Å². The summed E-state index contributed by atoms with van der Waals surface area (Å²) >= 11 is 1.26. The maximum absolute atomic E-state index is 12.8. The summed E-state index contributed by atoms with van der Waals surface area (Å²) in [6.45, 7) is 5.44. The summed E-state index contributed by atoms with van der Waals surface area (Å²) in [5.74, 6) is 0. The van der Waals surface area contributed by atoms with Gasteiger partial charge in [0.1, 0.15) is 4.21 Å². The average Bonchev–Trinajstić information content (AvgIpc) is 3.00. The van der Waals surface area contributed by atoms with Crippen LogP contribution in [-0.2, 0) is 10.0 Å². The van der Waals surface area contributed by atoms with E-state index in [1.54, 1.807) is 17.5 Å². The smallest absolute Gasteiger partial charge is 0.273 e. The van der Waals surface area contributed by atoms with Crippen molar-refractivity contribution in [2.75, 3.05) is 22.3 Å². The standard InChI is InChI=1S/C15H18N2O2S2/c1-12(2)16-9-10-17(14-7-4-3-6-13(14)16)21(18,19)15-8-5-11-20-15/h3-8,11-12H,9-10H2,1-2H3. The van der Waals surface area contributed by atoms with E-state index in [0.29, 0.717) is 23.3 Å². The zero-order valence-corrected chi connectivity index (χ0v) is 13.7. The van der Waals surface area contributed by atoms with Crippen molar-refractivity contribution >= 4 is 32.7 Å². The minimum Gasteiger partial charge on any atom is -0.366 e. The minimum absolute atomic E-state index is 0.345. The molecular formula is C15H18N2O2S2. The summed E-state index contributed by atoms with van der Waals surface area (Å²) in [4.78, 5) is 2.25. The van der Waals surface area contributed by atoms with E-state index in [1.165, 1.54) is 15.6 Å². The van der Waals surface area contributed by atoms with Crippen molar-refractivity contribution < 1.29 is 8.42 Å². The van der Waals surface area contributed by atoms with Crippen LogP contribution >= 0.6 is 11.3 Å². The molecule has 21 heavy (non-hydrogen) atoms. The molecule has 0 radical (unpaired) electrons. The summed E-state index contributed by atoms with van der Waals surface area (Å²) in [6.07, 6.45) is 0. The molecule has 0 N–H and O–H groups in total. The molecule has 2 aromatic rings. The van der Waals surface area contributed by atoms with Crippen molar-refractivity contribution in [1.29, 1.82) is 0 Å². The Morgan fingerprint density at radius 3 is 2.38 bits per heavy atom. The molecule has 0 aliphatic carbocycles. The zero-order valence-electron chi connectivity index (χ0n) is 12.1. The third kappa shape index (κ3) is 2.42. The number of hydrogen-bond acceptors (Lipinski definition) is 4. The average molecular weight is 322 g/mol. The maximum atomic E-state index is 12.8. The first-order chi connectivity index (χ1) is 10.0. The van der Waals surface area contributed by atoms with Crippen LogP contribution < -0.4 is 9.21 Å². The molecule has 0 spiro atoms. The second kappa shape index (κ2) is 5.35. The van der Waals surface area contributed by atoms with Crippen molar-refractivity contribution in [3.63, 3.8) is 0 Å². The van der Waals surface area contributed by atoms with E-state index in [1.807, 2.05) is 24.3 Å². The topological polar surface area (TPSA) is 40.6 Å². The molecule has 4 nitrogen and oxygen atoms in total. The largest absolute Gasteiger partial charge is 0.366 e. The van der Waals surface area contributed by atoms with E-state index in [4.69, 9.17) is 0 Å². The number of sulfonamides is 1. The van der Waals surface area contributed by atoms with Crippen LogP contribution in [0.2, 0.25) is 0 Å². The molecule has 1 aliphatic rings. The number of fused-ring (bicyclic) bond motifs is 1. The van der Waals surface area contributed by atoms with Gasteiger partial charge in [0.2, 0.25) is 0 Å². The van der Waals surface area contributed by atoms with Crippen LogP contribution in [0.3, 0.4) is 0 Å². The Balaban J connectivity index is 2.08. The Labute approximate surface area is 129 Å². The number of thiophene rings is 1. The number of anilines is 2. The van der Waals surface area contributed by atoms with Gasteiger partial charge in [0.15, 0.2) is 0 Å². The number of para-hydroxylation sites is 2. The molecule has 1 aliphatic heterocycles. The van der Waals surface area contributed by atoms with E-state index in [-0.39, 0.29) is 0 Å². The summed E-state index contributed by atoms with van der Waals surface area (Å²) in [5, 5.41) is 1.79. The molecule has 0 bridgehead atoms. The fourth-order valence-electron chi connectivity index (χ4n) is 2.66. The lowest BCUT2D eigenvalue weighted by Crippen LogP contribution is -2.46. The van der Waals surface area contributed by atoms with Crippen LogP contribution in [0.4, 0.5) is 11.4 Å². The fraction of sp³-hybridized carbons (Fsp3) is 0.333. The van der Waals surface area contributed by atoms with Gasteiger partial charge >= 0.3 is 0 Å². The van der Waals surface area contributed by atoms with Gasteiger partial charge in [-0.05, 0) is 37.4 Å². The molecule has 0 unspecified atom stereocenters. The van der Waals surface area contributed by atoms with Gasteiger partial charge in [-0.2, -0.15) is 0 Å². The lowest BCUT2D eigenvalue weighted by atomic mass is 10.1. The van der Waals surface area contributed by atoms with E-state index in [0.717, 1.165) is 11.4 Å². The lowest BCUT2D eigenvalue weighted by Gasteiger charge is -2.40. The molecule has 0 saturated heterocycles. The van der Waals surface area contributed by atoms with E-state index < -0.39 is 10.0 Å². The van der Waals surface area contributed by atoms with E-state index in [2.05, 4.69) is 18.7 Å². The maximum Gasteiger partial charge on any atom is 0.273 e. The third-order valence-corrected chi connectivity index (χ3v) is 6.85. The molecule has 0 saturated carbocycles. The highest BCUT2D eigenvalue weighted by Crippen LogP contribution is 2.37. The van der Waals surface area contributed by atoms with Crippen molar-refractivity contribution in [1.82, 2.24) is 0 Å². The monoisotopic (exact) mass is 322 g/mol. The number of benzene rings is 1. The van der Waals surface area contributed by atoms with Crippen LogP contribution in [0.1, 0.15) is 13.8 Å². The van der Waals surface area contributed by atoms with Crippen molar-refractivity contribution in [3.05, 3.63) is 41.8 Å². The summed E-state index contributed by atoms with van der Waals surface area (Å²) in [7, 11) is -3.46. The second-order valence-electron chi connectivity index (χ2n) is 5.29. The summed E-state index contributed by atoms with van der Waals surface area (Å²) in [5.41, 5.74) is 1.75.